The second-order valence-electron chi connectivity index (χ2n) is 3.43. The van der Waals surface area contributed by atoms with Crippen molar-refractivity contribution in [1.29, 1.82) is 0 Å². The van der Waals surface area contributed by atoms with E-state index in [1.807, 2.05) is 0 Å². The van der Waals surface area contributed by atoms with E-state index in [0.29, 0.717) is 12.1 Å². The number of hydrogen-bond donors (Lipinski definition) is 2. The topological polar surface area (TPSA) is 32.3 Å². The number of nitrogens with one attached hydrogen (secondary N) is 1. The van der Waals surface area contributed by atoms with Crippen LogP contribution >= 0.6 is 0 Å². The zero-order chi connectivity index (χ0) is 7.56. The molecule has 2 N–H and O–H groups in total. The summed E-state index contributed by atoms with van der Waals surface area (Å²) in [6.07, 6.45) is 3.19. The fourth-order valence-electron chi connectivity index (χ4n) is 1.56. The minimum absolute atomic E-state index is 0.0950. The highest BCUT2D eigenvalue weighted by molar-refractivity contribution is 4.83. The van der Waals surface area contributed by atoms with Crippen molar-refractivity contribution in [3.8, 4) is 0 Å². The maximum atomic E-state index is 9.38. The molecule has 1 fully saturated rings. The first-order chi connectivity index (χ1) is 4.70. The Morgan fingerprint density at radius 3 is 2.50 bits per heavy atom. The molecule has 0 amide bonds. The maximum absolute atomic E-state index is 9.38. The SMILES string of the molecule is CC(C)NC1CCCC1O. The summed E-state index contributed by atoms with van der Waals surface area (Å²) < 4.78 is 0. The molecule has 0 bridgehead atoms. The Balaban J connectivity index is 2.26. The molecule has 0 saturated heterocycles. The summed E-state index contributed by atoms with van der Waals surface area (Å²) in [5.74, 6) is 0. The average Bonchev–Trinajstić information content (AvgIpc) is 2.15. The summed E-state index contributed by atoms with van der Waals surface area (Å²) in [7, 11) is 0. The highest BCUT2D eigenvalue weighted by Gasteiger charge is 2.24. The third kappa shape index (κ3) is 1.96. The number of hydrogen-bond acceptors (Lipinski definition) is 2. The van der Waals surface area contributed by atoms with Gasteiger partial charge in [0.2, 0.25) is 0 Å². The van der Waals surface area contributed by atoms with E-state index in [1.54, 1.807) is 0 Å². The number of rotatable bonds is 2. The van der Waals surface area contributed by atoms with E-state index in [-0.39, 0.29) is 6.10 Å². The maximum Gasteiger partial charge on any atom is 0.0693 e. The molecule has 0 radical (unpaired) electrons. The monoisotopic (exact) mass is 143 g/mol. The first-order valence-electron chi connectivity index (χ1n) is 4.14. The van der Waals surface area contributed by atoms with Crippen molar-refractivity contribution in [2.75, 3.05) is 0 Å². The molecular formula is C8H17NO. The van der Waals surface area contributed by atoms with Gasteiger partial charge in [-0.1, -0.05) is 13.8 Å². The lowest BCUT2D eigenvalue weighted by Crippen LogP contribution is -2.39. The highest BCUT2D eigenvalue weighted by atomic mass is 16.3. The summed E-state index contributed by atoms with van der Waals surface area (Å²) in [5, 5.41) is 12.7. The molecule has 1 saturated carbocycles. The van der Waals surface area contributed by atoms with Crippen LogP contribution in [0.1, 0.15) is 33.1 Å². The predicted octanol–water partition coefficient (Wildman–Crippen LogP) is 0.898. The Labute approximate surface area is 62.6 Å². The van der Waals surface area contributed by atoms with Crippen molar-refractivity contribution in [1.82, 2.24) is 5.32 Å². The lowest BCUT2D eigenvalue weighted by molar-refractivity contribution is 0.145. The second-order valence-corrected chi connectivity index (χ2v) is 3.43. The average molecular weight is 143 g/mol. The van der Waals surface area contributed by atoms with Crippen LogP contribution in [0.3, 0.4) is 0 Å². The van der Waals surface area contributed by atoms with Gasteiger partial charge in [-0.15, -0.1) is 0 Å². The van der Waals surface area contributed by atoms with E-state index in [9.17, 15) is 5.11 Å². The zero-order valence-electron chi connectivity index (χ0n) is 6.80. The van der Waals surface area contributed by atoms with Crippen LogP contribution in [0.25, 0.3) is 0 Å². The number of aliphatic hydroxyl groups excluding tert-OH is 1. The summed E-state index contributed by atoms with van der Waals surface area (Å²) in [6, 6.07) is 0.859. The molecule has 0 aromatic carbocycles. The van der Waals surface area contributed by atoms with Crippen LogP contribution in [0.5, 0.6) is 0 Å². The summed E-state index contributed by atoms with van der Waals surface area (Å²) >= 11 is 0. The van der Waals surface area contributed by atoms with Gasteiger partial charge in [-0.3, -0.25) is 0 Å². The van der Waals surface area contributed by atoms with Gasteiger partial charge in [0.05, 0.1) is 6.10 Å². The fraction of sp³-hybridized carbons (Fsp3) is 1.00. The van der Waals surface area contributed by atoms with E-state index >= 15 is 0 Å². The molecule has 0 aromatic heterocycles. The Bertz CT molecular complexity index is 103. The highest BCUT2D eigenvalue weighted by Crippen LogP contribution is 2.18. The first-order valence-corrected chi connectivity index (χ1v) is 4.14. The lowest BCUT2D eigenvalue weighted by Gasteiger charge is -2.18. The van der Waals surface area contributed by atoms with Gasteiger partial charge in [0.15, 0.2) is 0 Å². The van der Waals surface area contributed by atoms with Crippen LogP contribution < -0.4 is 5.32 Å². The van der Waals surface area contributed by atoms with Crippen molar-refractivity contribution >= 4 is 0 Å². The van der Waals surface area contributed by atoms with Crippen molar-refractivity contribution < 1.29 is 5.11 Å². The first kappa shape index (κ1) is 8.02. The lowest BCUT2D eigenvalue weighted by atomic mass is 10.2. The minimum atomic E-state index is -0.0950. The normalized spacial score (nSPS) is 33.6. The molecule has 10 heavy (non-hydrogen) atoms. The van der Waals surface area contributed by atoms with E-state index in [4.69, 9.17) is 0 Å². The van der Waals surface area contributed by atoms with Gasteiger partial charge >= 0.3 is 0 Å². The van der Waals surface area contributed by atoms with Gasteiger partial charge in [-0.05, 0) is 19.3 Å². The van der Waals surface area contributed by atoms with Crippen molar-refractivity contribution in [2.24, 2.45) is 0 Å². The third-order valence-electron chi connectivity index (χ3n) is 2.03. The van der Waals surface area contributed by atoms with Crippen LogP contribution in [0.15, 0.2) is 0 Å². The zero-order valence-corrected chi connectivity index (χ0v) is 6.80. The summed E-state index contributed by atoms with van der Waals surface area (Å²) in [5.41, 5.74) is 0. The molecule has 2 heteroatoms. The molecule has 1 rings (SSSR count). The third-order valence-corrected chi connectivity index (χ3v) is 2.03. The van der Waals surface area contributed by atoms with E-state index in [2.05, 4.69) is 19.2 Å². The number of aliphatic hydroxyl groups is 1. The molecule has 1 aliphatic carbocycles. The Kier molecular flexibility index (Phi) is 2.69. The van der Waals surface area contributed by atoms with Crippen LogP contribution in [-0.4, -0.2) is 23.3 Å². The Morgan fingerprint density at radius 1 is 1.40 bits per heavy atom. The molecule has 2 nitrogen and oxygen atoms in total. The second kappa shape index (κ2) is 3.35. The Hall–Kier alpha value is -0.0800. The predicted molar refractivity (Wildman–Crippen MR) is 41.9 cm³/mol. The van der Waals surface area contributed by atoms with Gasteiger partial charge in [0.25, 0.3) is 0 Å². The fourth-order valence-corrected chi connectivity index (χ4v) is 1.56. The summed E-state index contributed by atoms with van der Waals surface area (Å²) in [4.78, 5) is 0. The largest absolute Gasteiger partial charge is 0.392 e. The molecule has 1 aliphatic rings. The smallest absolute Gasteiger partial charge is 0.0693 e. The quantitative estimate of drug-likeness (QED) is 0.602. The molecule has 0 aliphatic heterocycles. The molecule has 0 spiro atoms. The molecular weight excluding hydrogens is 126 g/mol. The van der Waals surface area contributed by atoms with Gasteiger partial charge in [-0.2, -0.15) is 0 Å². The van der Waals surface area contributed by atoms with Crippen molar-refractivity contribution in [3.63, 3.8) is 0 Å². The van der Waals surface area contributed by atoms with Gasteiger partial charge in [0.1, 0.15) is 0 Å². The minimum Gasteiger partial charge on any atom is -0.392 e. The van der Waals surface area contributed by atoms with Crippen LogP contribution in [-0.2, 0) is 0 Å². The Morgan fingerprint density at radius 2 is 2.10 bits per heavy atom. The molecule has 2 unspecified atom stereocenters. The van der Waals surface area contributed by atoms with E-state index in [0.717, 1.165) is 12.8 Å². The van der Waals surface area contributed by atoms with Crippen molar-refractivity contribution in [2.45, 2.75) is 51.3 Å². The van der Waals surface area contributed by atoms with Crippen molar-refractivity contribution in [3.05, 3.63) is 0 Å². The van der Waals surface area contributed by atoms with Crippen LogP contribution in [0.2, 0.25) is 0 Å². The van der Waals surface area contributed by atoms with Gasteiger partial charge in [0, 0.05) is 12.1 Å². The molecule has 0 heterocycles. The molecule has 2 atom stereocenters. The van der Waals surface area contributed by atoms with Gasteiger partial charge < -0.3 is 10.4 Å². The van der Waals surface area contributed by atoms with Crippen LogP contribution in [0.4, 0.5) is 0 Å². The van der Waals surface area contributed by atoms with Gasteiger partial charge in [-0.25, -0.2) is 0 Å². The van der Waals surface area contributed by atoms with E-state index < -0.39 is 0 Å². The molecule has 60 valence electrons. The standard InChI is InChI=1S/C8H17NO/c1-6(2)9-7-4-3-5-8(7)10/h6-10H,3-5H2,1-2H3. The summed E-state index contributed by atoms with van der Waals surface area (Å²) in [6.45, 7) is 4.23. The van der Waals surface area contributed by atoms with Crippen LogP contribution in [0, 0.1) is 0 Å². The van der Waals surface area contributed by atoms with E-state index in [1.165, 1.54) is 6.42 Å². The molecule has 0 aromatic rings.